The van der Waals surface area contributed by atoms with Crippen molar-refractivity contribution < 1.29 is 9.53 Å². The topological polar surface area (TPSA) is 38.3 Å². The third-order valence-electron chi connectivity index (χ3n) is 3.00. The van der Waals surface area contributed by atoms with Gasteiger partial charge in [0.15, 0.2) is 0 Å². The number of carbonyl (C=O) groups is 1. The van der Waals surface area contributed by atoms with Gasteiger partial charge in [0.2, 0.25) is 0 Å². The molecule has 0 atom stereocenters. The molecule has 0 saturated carbocycles. The Balaban J connectivity index is 2.15. The average Bonchev–Trinajstić information content (AvgIpc) is 2.49. The van der Waals surface area contributed by atoms with E-state index in [0.717, 1.165) is 17.4 Å². The normalized spacial score (nSPS) is 10.2. The molecule has 0 aliphatic heterocycles. The molecule has 0 spiro atoms. The van der Waals surface area contributed by atoms with E-state index in [1.54, 1.807) is 18.2 Å². The fourth-order valence-electron chi connectivity index (χ4n) is 1.92. The van der Waals surface area contributed by atoms with Gasteiger partial charge in [0, 0.05) is 16.0 Å². The second-order valence-electron chi connectivity index (χ2n) is 4.43. The van der Waals surface area contributed by atoms with E-state index >= 15 is 0 Å². The summed E-state index contributed by atoms with van der Waals surface area (Å²) in [6.07, 6.45) is 0.955. The fourth-order valence-corrected chi connectivity index (χ4v) is 2.55. The van der Waals surface area contributed by atoms with E-state index in [1.165, 1.54) is 12.7 Å². The molecular weight excluding hydrogens is 354 g/mol. The standard InChI is InChI=1S/C16H15BrClNO2/c1-21-15-7-4-12(18)10-14(15)16(20)19-13-5-2-11(3-6-13)8-9-17/h2-7,10H,8-9H2,1H3,(H,19,20). The van der Waals surface area contributed by atoms with E-state index in [-0.39, 0.29) is 5.91 Å². The number of alkyl halides is 1. The Morgan fingerprint density at radius 1 is 1.24 bits per heavy atom. The Labute approximate surface area is 137 Å². The summed E-state index contributed by atoms with van der Waals surface area (Å²) >= 11 is 9.34. The number of carbonyl (C=O) groups excluding carboxylic acids is 1. The second kappa shape index (κ2) is 7.48. The van der Waals surface area contributed by atoms with Crippen molar-refractivity contribution in [3.05, 3.63) is 58.6 Å². The van der Waals surface area contributed by atoms with Gasteiger partial charge in [-0.25, -0.2) is 0 Å². The van der Waals surface area contributed by atoms with Gasteiger partial charge in [0.1, 0.15) is 5.75 Å². The van der Waals surface area contributed by atoms with Gasteiger partial charge in [0.25, 0.3) is 5.91 Å². The average molecular weight is 369 g/mol. The van der Waals surface area contributed by atoms with Crippen LogP contribution in [0.5, 0.6) is 5.75 Å². The highest BCUT2D eigenvalue weighted by Gasteiger charge is 2.13. The maximum atomic E-state index is 12.3. The smallest absolute Gasteiger partial charge is 0.259 e. The Morgan fingerprint density at radius 2 is 1.95 bits per heavy atom. The molecule has 0 heterocycles. The zero-order chi connectivity index (χ0) is 15.2. The van der Waals surface area contributed by atoms with Crippen molar-refractivity contribution in [2.24, 2.45) is 0 Å². The predicted molar refractivity (Wildman–Crippen MR) is 89.9 cm³/mol. The van der Waals surface area contributed by atoms with Crippen molar-refractivity contribution in [3.8, 4) is 5.75 Å². The van der Waals surface area contributed by atoms with Crippen LogP contribution in [-0.2, 0) is 6.42 Å². The van der Waals surface area contributed by atoms with Gasteiger partial charge in [0.05, 0.1) is 12.7 Å². The van der Waals surface area contributed by atoms with Crippen LogP contribution in [0.15, 0.2) is 42.5 Å². The number of benzene rings is 2. The van der Waals surface area contributed by atoms with Gasteiger partial charge in [-0.15, -0.1) is 0 Å². The number of amides is 1. The largest absolute Gasteiger partial charge is 0.496 e. The summed E-state index contributed by atoms with van der Waals surface area (Å²) in [4.78, 5) is 12.3. The van der Waals surface area contributed by atoms with Crippen LogP contribution in [0.3, 0.4) is 0 Å². The van der Waals surface area contributed by atoms with Crippen LogP contribution in [-0.4, -0.2) is 18.3 Å². The number of hydrogen-bond acceptors (Lipinski definition) is 2. The predicted octanol–water partition coefficient (Wildman–Crippen LogP) is 4.54. The first-order valence-electron chi connectivity index (χ1n) is 6.44. The first-order chi connectivity index (χ1) is 10.1. The number of halogens is 2. The van der Waals surface area contributed by atoms with Crippen LogP contribution in [0, 0.1) is 0 Å². The molecule has 0 unspecified atom stereocenters. The number of anilines is 1. The van der Waals surface area contributed by atoms with Crippen LogP contribution < -0.4 is 10.1 Å². The highest BCUT2D eigenvalue weighted by atomic mass is 79.9. The molecule has 0 aliphatic carbocycles. The summed E-state index contributed by atoms with van der Waals surface area (Å²) < 4.78 is 5.19. The van der Waals surface area contributed by atoms with Crippen LogP contribution in [0.4, 0.5) is 5.69 Å². The lowest BCUT2D eigenvalue weighted by Gasteiger charge is -2.10. The van der Waals surface area contributed by atoms with Gasteiger partial charge in [-0.2, -0.15) is 0 Å². The lowest BCUT2D eigenvalue weighted by atomic mass is 10.1. The molecule has 0 saturated heterocycles. The Hall–Kier alpha value is -1.52. The highest BCUT2D eigenvalue weighted by Crippen LogP contribution is 2.23. The van der Waals surface area contributed by atoms with Gasteiger partial charge in [-0.05, 0) is 42.3 Å². The first kappa shape index (κ1) is 15.9. The van der Waals surface area contributed by atoms with E-state index in [4.69, 9.17) is 16.3 Å². The number of methoxy groups -OCH3 is 1. The lowest BCUT2D eigenvalue weighted by Crippen LogP contribution is -2.13. The molecule has 2 rings (SSSR count). The Kier molecular flexibility index (Phi) is 5.65. The van der Waals surface area contributed by atoms with Gasteiger partial charge < -0.3 is 10.1 Å². The molecule has 0 aliphatic rings. The van der Waals surface area contributed by atoms with Crippen LogP contribution in [0.1, 0.15) is 15.9 Å². The highest BCUT2D eigenvalue weighted by molar-refractivity contribution is 9.09. The van der Waals surface area contributed by atoms with Crippen LogP contribution in [0.25, 0.3) is 0 Å². The SMILES string of the molecule is COc1ccc(Cl)cc1C(=O)Nc1ccc(CCBr)cc1. The van der Waals surface area contributed by atoms with E-state index in [1.807, 2.05) is 24.3 Å². The van der Waals surface area contributed by atoms with Gasteiger partial charge >= 0.3 is 0 Å². The van der Waals surface area contributed by atoms with Crippen molar-refractivity contribution >= 4 is 39.1 Å². The summed E-state index contributed by atoms with van der Waals surface area (Å²) in [7, 11) is 1.52. The summed E-state index contributed by atoms with van der Waals surface area (Å²) in [5.41, 5.74) is 2.36. The molecule has 110 valence electrons. The van der Waals surface area contributed by atoms with Crippen molar-refractivity contribution in [3.63, 3.8) is 0 Å². The summed E-state index contributed by atoms with van der Waals surface area (Å²) in [6.45, 7) is 0. The van der Waals surface area contributed by atoms with Crippen LogP contribution in [0.2, 0.25) is 5.02 Å². The molecule has 0 bridgehead atoms. The Bertz CT molecular complexity index is 629. The molecule has 0 aromatic heterocycles. The molecular formula is C16H15BrClNO2. The number of ether oxygens (including phenoxy) is 1. The van der Waals surface area contributed by atoms with E-state index in [2.05, 4.69) is 21.2 Å². The third-order valence-corrected chi connectivity index (χ3v) is 3.63. The third kappa shape index (κ3) is 4.22. The van der Waals surface area contributed by atoms with E-state index < -0.39 is 0 Å². The molecule has 1 N–H and O–H groups in total. The van der Waals surface area contributed by atoms with Gasteiger partial charge in [-0.1, -0.05) is 39.7 Å². The van der Waals surface area contributed by atoms with Crippen LogP contribution >= 0.6 is 27.5 Å². The summed E-state index contributed by atoms with van der Waals surface area (Å²) in [5, 5.41) is 4.25. The van der Waals surface area contributed by atoms with E-state index in [9.17, 15) is 4.79 Å². The van der Waals surface area contributed by atoms with Gasteiger partial charge in [-0.3, -0.25) is 4.79 Å². The molecule has 21 heavy (non-hydrogen) atoms. The maximum absolute atomic E-state index is 12.3. The molecule has 2 aromatic rings. The molecule has 2 aromatic carbocycles. The number of aryl methyl sites for hydroxylation is 1. The summed E-state index contributed by atoms with van der Waals surface area (Å²) in [6, 6.07) is 12.7. The minimum atomic E-state index is -0.248. The van der Waals surface area contributed by atoms with E-state index in [0.29, 0.717) is 16.3 Å². The molecule has 3 nitrogen and oxygen atoms in total. The lowest BCUT2D eigenvalue weighted by molar-refractivity contribution is 0.102. The number of hydrogen-bond donors (Lipinski definition) is 1. The fraction of sp³-hybridized carbons (Fsp3) is 0.188. The number of nitrogens with one attached hydrogen (secondary N) is 1. The van der Waals surface area contributed by atoms with Crippen molar-refractivity contribution in [1.29, 1.82) is 0 Å². The molecule has 5 heteroatoms. The van der Waals surface area contributed by atoms with Crippen molar-refractivity contribution in [1.82, 2.24) is 0 Å². The molecule has 0 fully saturated rings. The van der Waals surface area contributed by atoms with Crippen molar-refractivity contribution in [2.75, 3.05) is 17.8 Å². The number of rotatable bonds is 5. The zero-order valence-electron chi connectivity index (χ0n) is 11.5. The molecule has 0 radical (unpaired) electrons. The first-order valence-corrected chi connectivity index (χ1v) is 7.94. The summed E-state index contributed by atoms with van der Waals surface area (Å²) in [5.74, 6) is 0.246. The minimum absolute atomic E-state index is 0.248. The Morgan fingerprint density at radius 3 is 2.57 bits per heavy atom. The monoisotopic (exact) mass is 367 g/mol. The second-order valence-corrected chi connectivity index (χ2v) is 5.66. The quantitative estimate of drug-likeness (QED) is 0.787. The zero-order valence-corrected chi connectivity index (χ0v) is 13.9. The minimum Gasteiger partial charge on any atom is -0.496 e. The molecule has 1 amide bonds. The van der Waals surface area contributed by atoms with Crippen molar-refractivity contribution in [2.45, 2.75) is 6.42 Å². The maximum Gasteiger partial charge on any atom is 0.259 e.